The summed E-state index contributed by atoms with van der Waals surface area (Å²) in [7, 11) is 0. The number of nitrogens with one attached hydrogen (secondary N) is 1. The van der Waals surface area contributed by atoms with Gasteiger partial charge in [-0.05, 0) is 28.9 Å². The van der Waals surface area contributed by atoms with Crippen molar-refractivity contribution in [3.05, 3.63) is 70.0 Å². The normalized spacial score (nSPS) is 18.9. The number of rotatable bonds is 4. The first-order chi connectivity index (χ1) is 13.5. The molecule has 1 aliphatic rings. The Hall–Kier alpha value is -2.77. The maximum Gasteiger partial charge on any atom is 0.243 e. The molecule has 1 aliphatic carbocycles. The molecule has 1 fully saturated rings. The molecule has 3 nitrogen and oxygen atoms in total. The predicted molar refractivity (Wildman–Crippen MR) is 98.0 cm³/mol. The van der Waals surface area contributed by atoms with E-state index in [0.717, 1.165) is 11.1 Å². The summed E-state index contributed by atoms with van der Waals surface area (Å²) in [6.07, 6.45) is 0.989. The zero-order valence-electron chi connectivity index (χ0n) is 16.0. The smallest absolute Gasteiger partial charge is 0.243 e. The van der Waals surface area contributed by atoms with Crippen molar-refractivity contribution in [1.29, 1.82) is 0 Å². The van der Waals surface area contributed by atoms with Gasteiger partial charge in [0.25, 0.3) is 0 Å². The number of carbonyl (C=O) groups is 1. The van der Waals surface area contributed by atoms with E-state index in [-0.39, 0.29) is 17.3 Å². The Morgan fingerprint density at radius 3 is 2.00 bits per heavy atom. The molecule has 0 aliphatic heterocycles. The quantitative estimate of drug-likeness (QED) is 0.251. The van der Waals surface area contributed by atoms with Crippen LogP contribution < -0.4 is 5.43 Å². The lowest BCUT2D eigenvalue weighted by molar-refractivity contribution is -0.122. The summed E-state index contributed by atoms with van der Waals surface area (Å²) in [5.41, 5.74) is 3.04. The van der Waals surface area contributed by atoms with E-state index in [2.05, 4.69) is 31.3 Å². The Bertz CT molecular complexity index is 951. The zero-order chi connectivity index (χ0) is 21.5. The van der Waals surface area contributed by atoms with Gasteiger partial charge in [0.1, 0.15) is 0 Å². The largest absolute Gasteiger partial charge is 0.273 e. The molecule has 1 saturated carbocycles. The Kier molecular flexibility index (Phi) is 5.47. The minimum absolute atomic E-state index is 0.00611. The maximum absolute atomic E-state index is 13.6. The van der Waals surface area contributed by atoms with Crippen LogP contribution in [0, 0.1) is 35.0 Å². The van der Waals surface area contributed by atoms with Crippen molar-refractivity contribution in [2.45, 2.75) is 38.5 Å². The highest BCUT2D eigenvalue weighted by Crippen LogP contribution is 2.47. The van der Waals surface area contributed by atoms with Gasteiger partial charge in [-0.25, -0.2) is 27.4 Å². The molecule has 29 heavy (non-hydrogen) atoms. The summed E-state index contributed by atoms with van der Waals surface area (Å²) < 4.78 is 66.5. The maximum atomic E-state index is 13.6. The molecule has 0 radical (unpaired) electrons. The van der Waals surface area contributed by atoms with Crippen LogP contribution in [0.3, 0.4) is 0 Å². The number of hydrogen-bond acceptors (Lipinski definition) is 2. The van der Waals surface area contributed by atoms with Gasteiger partial charge in [0.15, 0.2) is 23.3 Å². The molecular weight excluding hydrogens is 391 g/mol. The van der Waals surface area contributed by atoms with Crippen LogP contribution in [0.15, 0.2) is 29.4 Å². The molecule has 3 rings (SSSR count). The monoisotopic (exact) mass is 410 g/mol. The van der Waals surface area contributed by atoms with Crippen LogP contribution in [0.25, 0.3) is 0 Å². The van der Waals surface area contributed by atoms with E-state index >= 15 is 0 Å². The SMILES string of the molecule is CC(C)(C)c1ccc([C@H]2C[C@@H]2C(=O)N/N=C\c2c(F)c(F)c(F)c(F)c2F)cc1. The van der Waals surface area contributed by atoms with Gasteiger partial charge in [0.05, 0.1) is 11.8 Å². The first kappa shape index (κ1) is 21.0. The fourth-order valence-electron chi connectivity index (χ4n) is 3.06. The molecule has 2 aromatic carbocycles. The minimum atomic E-state index is -2.25. The molecule has 0 spiro atoms. The van der Waals surface area contributed by atoms with E-state index in [0.29, 0.717) is 12.6 Å². The number of amides is 1. The molecule has 0 bridgehead atoms. The Labute approximate surface area is 164 Å². The number of nitrogens with zero attached hydrogens (tertiary/aromatic N) is 1. The molecule has 0 unspecified atom stereocenters. The first-order valence-corrected chi connectivity index (χ1v) is 8.97. The van der Waals surface area contributed by atoms with E-state index in [1.54, 1.807) is 0 Å². The van der Waals surface area contributed by atoms with E-state index in [1.165, 1.54) is 0 Å². The van der Waals surface area contributed by atoms with Crippen molar-refractivity contribution in [1.82, 2.24) is 5.43 Å². The summed E-state index contributed by atoms with van der Waals surface area (Å²) in [6, 6.07) is 7.92. The van der Waals surface area contributed by atoms with Gasteiger partial charge in [0, 0.05) is 5.92 Å². The van der Waals surface area contributed by atoms with Crippen LogP contribution in [0.5, 0.6) is 0 Å². The van der Waals surface area contributed by atoms with Crippen LogP contribution in [0.4, 0.5) is 22.0 Å². The van der Waals surface area contributed by atoms with Crippen molar-refractivity contribution in [3.63, 3.8) is 0 Å². The van der Waals surface area contributed by atoms with Crippen LogP contribution >= 0.6 is 0 Å². The number of carbonyl (C=O) groups excluding carboxylic acids is 1. The highest BCUT2D eigenvalue weighted by Gasteiger charge is 2.44. The number of halogens is 5. The summed E-state index contributed by atoms with van der Waals surface area (Å²) in [6.45, 7) is 6.29. The number of hydrazone groups is 1. The van der Waals surface area contributed by atoms with Crippen molar-refractivity contribution in [3.8, 4) is 0 Å². The molecule has 0 aromatic heterocycles. The lowest BCUT2D eigenvalue weighted by Gasteiger charge is -2.19. The third kappa shape index (κ3) is 4.16. The van der Waals surface area contributed by atoms with Crippen molar-refractivity contribution >= 4 is 12.1 Å². The lowest BCUT2D eigenvalue weighted by Crippen LogP contribution is -2.20. The number of hydrogen-bond donors (Lipinski definition) is 1. The molecule has 154 valence electrons. The van der Waals surface area contributed by atoms with Crippen molar-refractivity contribution < 1.29 is 26.7 Å². The molecule has 8 heteroatoms. The lowest BCUT2D eigenvalue weighted by atomic mass is 9.86. The first-order valence-electron chi connectivity index (χ1n) is 8.97. The second-order valence-corrected chi connectivity index (χ2v) is 8.04. The second-order valence-electron chi connectivity index (χ2n) is 8.04. The van der Waals surface area contributed by atoms with Gasteiger partial charge in [-0.1, -0.05) is 45.0 Å². The van der Waals surface area contributed by atoms with Crippen LogP contribution in [-0.4, -0.2) is 12.1 Å². The van der Waals surface area contributed by atoms with Gasteiger partial charge in [-0.2, -0.15) is 5.10 Å². The van der Waals surface area contributed by atoms with Crippen LogP contribution in [0.1, 0.15) is 49.8 Å². The van der Waals surface area contributed by atoms with Gasteiger partial charge >= 0.3 is 0 Å². The standard InChI is InChI=1S/C21H19F5N2O/c1-21(2,3)11-6-4-10(5-7-11)12-8-13(12)20(29)28-27-9-14-15(22)17(24)19(26)18(25)16(14)23/h4-7,9,12-13H,8H2,1-3H3,(H,28,29)/b27-9-/t12-,13+/m1/s1. The molecular formula is C21H19F5N2O. The van der Waals surface area contributed by atoms with Crippen LogP contribution in [-0.2, 0) is 10.2 Å². The predicted octanol–water partition coefficient (Wildman–Crippen LogP) is 4.93. The van der Waals surface area contributed by atoms with Crippen molar-refractivity contribution in [2.24, 2.45) is 11.0 Å². The minimum Gasteiger partial charge on any atom is -0.273 e. The number of benzene rings is 2. The summed E-state index contributed by atoms with van der Waals surface area (Å²) >= 11 is 0. The third-order valence-electron chi connectivity index (χ3n) is 4.94. The fraction of sp³-hybridized carbons (Fsp3) is 0.333. The van der Waals surface area contributed by atoms with Crippen LogP contribution in [0.2, 0.25) is 0 Å². The zero-order valence-corrected chi connectivity index (χ0v) is 16.0. The molecule has 1 amide bonds. The molecule has 0 heterocycles. The van der Waals surface area contributed by atoms with Gasteiger partial charge in [-0.3, -0.25) is 4.79 Å². The highest BCUT2D eigenvalue weighted by molar-refractivity contribution is 5.85. The molecule has 1 N–H and O–H groups in total. The summed E-state index contributed by atoms with van der Waals surface area (Å²) in [5, 5.41) is 3.35. The average Bonchev–Trinajstić information content (AvgIpc) is 3.48. The molecule has 0 saturated heterocycles. The van der Waals surface area contributed by atoms with Gasteiger partial charge in [0.2, 0.25) is 11.7 Å². The topological polar surface area (TPSA) is 41.5 Å². The third-order valence-corrected chi connectivity index (χ3v) is 4.94. The van der Waals surface area contributed by atoms with Gasteiger partial charge < -0.3 is 0 Å². The second kappa shape index (κ2) is 7.57. The van der Waals surface area contributed by atoms with E-state index in [1.807, 2.05) is 24.3 Å². The van der Waals surface area contributed by atoms with E-state index in [9.17, 15) is 26.7 Å². The average molecular weight is 410 g/mol. The Morgan fingerprint density at radius 2 is 1.48 bits per heavy atom. The van der Waals surface area contributed by atoms with Crippen molar-refractivity contribution in [2.75, 3.05) is 0 Å². The summed E-state index contributed by atoms with van der Waals surface area (Å²) in [5.74, 6) is -11.3. The highest BCUT2D eigenvalue weighted by atomic mass is 19.2. The summed E-state index contributed by atoms with van der Waals surface area (Å²) in [4.78, 5) is 12.1. The Balaban J connectivity index is 1.65. The molecule has 2 aromatic rings. The van der Waals surface area contributed by atoms with E-state index < -0.39 is 40.6 Å². The fourth-order valence-corrected chi connectivity index (χ4v) is 3.06. The van der Waals surface area contributed by atoms with E-state index in [4.69, 9.17) is 0 Å². The molecule has 2 atom stereocenters. The van der Waals surface area contributed by atoms with Gasteiger partial charge in [-0.15, -0.1) is 0 Å². The Morgan fingerprint density at radius 1 is 0.966 bits per heavy atom.